The number of anilines is 1. The molecule has 2 aromatic rings. The summed E-state index contributed by atoms with van der Waals surface area (Å²) in [6.07, 6.45) is 0. The minimum atomic E-state index is 0.677. The molecule has 0 atom stereocenters. The van der Waals surface area contributed by atoms with E-state index in [2.05, 4.69) is 56.1 Å². The lowest BCUT2D eigenvalue weighted by molar-refractivity contribution is 0.289. The van der Waals surface area contributed by atoms with E-state index in [4.69, 9.17) is 5.73 Å². The first-order valence-corrected chi connectivity index (χ1v) is 6.52. The molecule has 96 valence electrons. The van der Waals surface area contributed by atoms with E-state index in [1.807, 2.05) is 6.07 Å². The van der Waals surface area contributed by atoms with Gasteiger partial charge in [0.05, 0.1) is 0 Å². The van der Waals surface area contributed by atoms with Crippen molar-refractivity contribution in [1.82, 2.24) is 4.90 Å². The Morgan fingerprint density at radius 3 is 2.33 bits per heavy atom. The molecule has 0 saturated carbocycles. The van der Waals surface area contributed by atoms with Gasteiger partial charge in [-0.1, -0.05) is 38.1 Å². The summed E-state index contributed by atoms with van der Waals surface area (Å²) in [6.45, 7) is 6.47. The van der Waals surface area contributed by atoms with E-state index in [-0.39, 0.29) is 0 Å². The van der Waals surface area contributed by atoms with Crippen molar-refractivity contribution in [3.8, 4) is 0 Å². The van der Waals surface area contributed by atoms with Crippen LogP contribution in [-0.4, -0.2) is 18.5 Å². The summed E-state index contributed by atoms with van der Waals surface area (Å²) in [4.78, 5) is 2.32. The highest BCUT2D eigenvalue weighted by molar-refractivity contribution is 5.86. The molecule has 0 fully saturated rings. The van der Waals surface area contributed by atoms with Gasteiger partial charge in [-0.2, -0.15) is 0 Å². The topological polar surface area (TPSA) is 29.3 Å². The van der Waals surface area contributed by atoms with Gasteiger partial charge in [0.15, 0.2) is 0 Å². The van der Waals surface area contributed by atoms with Gasteiger partial charge in [0.2, 0.25) is 0 Å². The highest BCUT2D eigenvalue weighted by Gasteiger charge is 2.07. The lowest BCUT2D eigenvalue weighted by Gasteiger charge is -2.20. The summed E-state index contributed by atoms with van der Waals surface area (Å²) in [6, 6.07) is 12.6. The molecule has 0 spiro atoms. The van der Waals surface area contributed by atoms with Crippen LogP contribution in [0.2, 0.25) is 0 Å². The quantitative estimate of drug-likeness (QED) is 0.831. The fourth-order valence-electron chi connectivity index (χ4n) is 2.42. The molecule has 0 bridgehead atoms. The number of hydrogen-bond acceptors (Lipinski definition) is 2. The molecule has 0 aromatic heterocycles. The fraction of sp³-hybridized carbons (Fsp3) is 0.375. The van der Waals surface area contributed by atoms with E-state index < -0.39 is 0 Å². The number of hydrogen-bond donors (Lipinski definition) is 1. The molecule has 0 aliphatic carbocycles. The van der Waals surface area contributed by atoms with Crippen LogP contribution in [0.3, 0.4) is 0 Å². The summed E-state index contributed by atoms with van der Waals surface area (Å²) >= 11 is 0. The van der Waals surface area contributed by atoms with E-state index in [1.54, 1.807) is 0 Å². The normalized spacial score (nSPS) is 11.6. The average Bonchev–Trinajstić information content (AvgIpc) is 2.29. The summed E-state index contributed by atoms with van der Waals surface area (Å²) in [7, 11) is 2.15. The standard InChI is InChI=1S/C16H22N2/c1-12(2)10-18(3)11-15-8-13-6-4-5-7-14(13)9-16(15)17/h4-9,12H,10-11,17H2,1-3H3. The fourth-order valence-corrected chi connectivity index (χ4v) is 2.42. The monoisotopic (exact) mass is 242 g/mol. The lowest BCUT2D eigenvalue weighted by atomic mass is 10.0. The van der Waals surface area contributed by atoms with Crippen LogP contribution in [0.1, 0.15) is 19.4 Å². The Morgan fingerprint density at radius 2 is 1.72 bits per heavy atom. The molecule has 2 rings (SSSR count). The van der Waals surface area contributed by atoms with Crippen LogP contribution in [0.25, 0.3) is 10.8 Å². The third kappa shape index (κ3) is 3.02. The first-order valence-electron chi connectivity index (χ1n) is 6.52. The number of rotatable bonds is 4. The van der Waals surface area contributed by atoms with Gasteiger partial charge in [0, 0.05) is 18.8 Å². The molecule has 0 saturated heterocycles. The maximum atomic E-state index is 6.14. The van der Waals surface area contributed by atoms with Crippen molar-refractivity contribution in [3.63, 3.8) is 0 Å². The molecule has 18 heavy (non-hydrogen) atoms. The maximum absolute atomic E-state index is 6.14. The predicted molar refractivity (Wildman–Crippen MR) is 79.5 cm³/mol. The molecule has 2 heteroatoms. The van der Waals surface area contributed by atoms with Crippen LogP contribution in [0.4, 0.5) is 5.69 Å². The van der Waals surface area contributed by atoms with Gasteiger partial charge in [-0.05, 0) is 41.4 Å². The molecular formula is C16H22N2. The first-order chi connectivity index (χ1) is 8.56. The highest BCUT2D eigenvalue weighted by atomic mass is 15.1. The van der Waals surface area contributed by atoms with Crippen molar-refractivity contribution < 1.29 is 0 Å². The Kier molecular flexibility index (Phi) is 3.87. The largest absolute Gasteiger partial charge is 0.398 e. The number of fused-ring (bicyclic) bond motifs is 1. The predicted octanol–water partition coefficient (Wildman–Crippen LogP) is 3.51. The first kappa shape index (κ1) is 12.9. The molecule has 0 radical (unpaired) electrons. The third-order valence-electron chi connectivity index (χ3n) is 3.12. The van der Waals surface area contributed by atoms with E-state index >= 15 is 0 Å². The Morgan fingerprint density at radius 1 is 1.11 bits per heavy atom. The minimum absolute atomic E-state index is 0.677. The van der Waals surface area contributed by atoms with Crippen LogP contribution in [0, 0.1) is 5.92 Å². The SMILES string of the molecule is CC(C)CN(C)Cc1cc2ccccc2cc1N. The second-order valence-corrected chi connectivity index (χ2v) is 5.49. The smallest absolute Gasteiger partial charge is 0.0366 e. The number of nitrogens with zero attached hydrogens (tertiary/aromatic N) is 1. The molecule has 0 amide bonds. The van der Waals surface area contributed by atoms with Crippen LogP contribution in [0.15, 0.2) is 36.4 Å². The van der Waals surface area contributed by atoms with Crippen LogP contribution in [-0.2, 0) is 6.54 Å². The van der Waals surface area contributed by atoms with E-state index in [0.717, 1.165) is 18.8 Å². The van der Waals surface area contributed by atoms with Gasteiger partial charge >= 0.3 is 0 Å². The number of nitrogen functional groups attached to an aromatic ring is 1. The van der Waals surface area contributed by atoms with Gasteiger partial charge in [0.25, 0.3) is 0 Å². The highest BCUT2D eigenvalue weighted by Crippen LogP contribution is 2.22. The van der Waals surface area contributed by atoms with Crippen molar-refractivity contribution in [3.05, 3.63) is 42.0 Å². The lowest BCUT2D eigenvalue weighted by Crippen LogP contribution is -2.23. The van der Waals surface area contributed by atoms with E-state index in [9.17, 15) is 0 Å². The number of nitrogens with two attached hydrogens (primary N) is 1. The molecule has 0 aliphatic rings. The van der Waals surface area contributed by atoms with Gasteiger partial charge < -0.3 is 10.6 Å². The Balaban J connectivity index is 2.25. The van der Waals surface area contributed by atoms with Crippen molar-refractivity contribution in [2.75, 3.05) is 19.3 Å². The van der Waals surface area contributed by atoms with Crippen molar-refractivity contribution >= 4 is 16.5 Å². The Labute approximate surface area is 109 Å². The van der Waals surface area contributed by atoms with Gasteiger partial charge in [-0.15, -0.1) is 0 Å². The molecule has 2 N–H and O–H groups in total. The molecular weight excluding hydrogens is 220 g/mol. The summed E-state index contributed by atoms with van der Waals surface area (Å²) < 4.78 is 0. The van der Waals surface area contributed by atoms with Crippen molar-refractivity contribution in [2.45, 2.75) is 20.4 Å². The summed E-state index contributed by atoms with van der Waals surface area (Å²) in [5, 5.41) is 2.48. The zero-order valence-electron chi connectivity index (χ0n) is 11.5. The van der Waals surface area contributed by atoms with Crippen LogP contribution >= 0.6 is 0 Å². The second-order valence-electron chi connectivity index (χ2n) is 5.49. The van der Waals surface area contributed by atoms with E-state index in [1.165, 1.54) is 16.3 Å². The Bertz CT molecular complexity index is 532. The molecule has 2 nitrogen and oxygen atoms in total. The van der Waals surface area contributed by atoms with Crippen molar-refractivity contribution in [2.24, 2.45) is 5.92 Å². The van der Waals surface area contributed by atoms with E-state index in [0.29, 0.717) is 5.92 Å². The van der Waals surface area contributed by atoms with Crippen LogP contribution < -0.4 is 5.73 Å². The Hall–Kier alpha value is -1.54. The van der Waals surface area contributed by atoms with Crippen LogP contribution in [0.5, 0.6) is 0 Å². The zero-order chi connectivity index (χ0) is 13.1. The molecule has 0 heterocycles. The number of benzene rings is 2. The molecule has 2 aromatic carbocycles. The van der Waals surface area contributed by atoms with Gasteiger partial charge in [-0.25, -0.2) is 0 Å². The molecule has 0 aliphatic heterocycles. The summed E-state index contributed by atoms with van der Waals surface area (Å²) in [5.41, 5.74) is 8.25. The zero-order valence-corrected chi connectivity index (χ0v) is 11.5. The maximum Gasteiger partial charge on any atom is 0.0366 e. The second kappa shape index (κ2) is 5.40. The van der Waals surface area contributed by atoms with Crippen molar-refractivity contribution in [1.29, 1.82) is 0 Å². The third-order valence-corrected chi connectivity index (χ3v) is 3.12. The molecule has 0 unspecified atom stereocenters. The van der Waals surface area contributed by atoms with Gasteiger partial charge in [-0.3, -0.25) is 0 Å². The minimum Gasteiger partial charge on any atom is -0.398 e. The summed E-state index contributed by atoms with van der Waals surface area (Å²) in [5.74, 6) is 0.677. The average molecular weight is 242 g/mol. The van der Waals surface area contributed by atoms with Gasteiger partial charge in [0.1, 0.15) is 0 Å².